The summed E-state index contributed by atoms with van der Waals surface area (Å²) in [4.78, 5) is 16.9. The van der Waals surface area contributed by atoms with Crippen LogP contribution in [-0.4, -0.2) is 37.1 Å². The number of amides is 1. The SMILES string of the molecule is O=C(c1ccccc1SCc1cccs1)N1CCOCC1. The van der Waals surface area contributed by atoms with Crippen LogP contribution in [0.25, 0.3) is 0 Å². The van der Waals surface area contributed by atoms with Gasteiger partial charge in [-0.25, -0.2) is 0 Å². The molecule has 0 atom stereocenters. The maximum Gasteiger partial charge on any atom is 0.255 e. The molecule has 1 aromatic heterocycles. The van der Waals surface area contributed by atoms with Crippen molar-refractivity contribution >= 4 is 29.0 Å². The Hall–Kier alpha value is -1.30. The van der Waals surface area contributed by atoms with Crippen LogP contribution < -0.4 is 0 Å². The van der Waals surface area contributed by atoms with Gasteiger partial charge in [0.05, 0.1) is 18.8 Å². The number of hydrogen-bond acceptors (Lipinski definition) is 4. The fourth-order valence-corrected chi connectivity index (χ4v) is 4.07. The first-order valence-corrected chi connectivity index (χ1v) is 8.82. The van der Waals surface area contributed by atoms with Crippen molar-refractivity contribution in [3.8, 4) is 0 Å². The summed E-state index contributed by atoms with van der Waals surface area (Å²) >= 11 is 3.48. The molecule has 0 spiro atoms. The van der Waals surface area contributed by atoms with E-state index in [0.717, 1.165) is 16.2 Å². The number of ether oxygens (including phenoxy) is 1. The van der Waals surface area contributed by atoms with Gasteiger partial charge in [-0.05, 0) is 23.6 Å². The van der Waals surface area contributed by atoms with Crippen LogP contribution in [0.4, 0.5) is 0 Å². The number of morpholine rings is 1. The average Bonchev–Trinajstić information content (AvgIpc) is 3.07. The van der Waals surface area contributed by atoms with E-state index >= 15 is 0 Å². The molecule has 3 nitrogen and oxygen atoms in total. The number of hydrogen-bond donors (Lipinski definition) is 0. The molecular weight excluding hydrogens is 302 g/mol. The Kier molecular flexibility index (Phi) is 4.95. The summed E-state index contributed by atoms with van der Waals surface area (Å²) in [6, 6.07) is 12.1. The third-order valence-electron chi connectivity index (χ3n) is 3.37. The molecule has 1 saturated heterocycles. The van der Waals surface area contributed by atoms with Gasteiger partial charge in [0.1, 0.15) is 0 Å². The van der Waals surface area contributed by atoms with Gasteiger partial charge in [0, 0.05) is 28.6 Å². The summed E-state index contributed by atoms with van der Waals surface area (Å²) in [7, 11) is 0. The molecule has 0 N–H and O–H groups in total. The van der Waals surface area contributed by atoms with Gasteiger partial charge >= 0.3 is 0 Å². The van der Waals surface area contributed by atoms with Crippen LogP contribution in [0.15, 0.2) is 46.7 Å². The molecule has 0 radical (unpaired) electrons. The van der Waals surface area contributed by atoms with Crippen molar-refractivity contribution < 1.29 is 9.53 Å². The van der Waals surface area contributed by atoms with Crippen molar-refractivity contribution in [2.45, 2.75) is 10.6 Å². The van der Waals surface area contributed by atoms with Crippen molar-refractivity contribution in [2.24, 2.45) is 0 Å². The molecule has 0 bridgehead atoms. The van der Waals surface area contributed by atoms with Crippen molar-refractivity contribution in [3.05, 3.63) is 52.2 Å². The second-order valence-electron chi connectivity index (χ2n) is 4.77. The predicted molar refractivity (Wildman–Crippen MR) is 87.0 cm³/mol. The Bertz CT molecular complexity index is 592. The molecule has 1 aromatic carbocycles. The molecule has 110 valence electrons. The van der Waals surface area contributed by atoms with Crippen molar-refractivity contribution in [2.75, 3.05) is 26.3 Å². The Balaban J connectivity index is 1.73. The highest BCUT2D eigenvalue weighted by Crippen LogP contribution is 2.28. The second-order valence-corrected chi connectivity index (χ2v) is 6.82. The first-order valence-electron chi connectivity index (χ1n) is 6.96. The number of rotatable bonds is 4. The summed E-state index contributed by atoms with van der Waals surface area (Å²) in [6.45, 7) is 2.64. The van der Waals surface area contributed by atoms with Crippen LogP contribution in [0.5, 0.6) is 0 Å². The molecule has 2 aromatic rings. The normalized spacial score (nSPS) is 15.1. The smallest absolute Gasteiger partial charge is 0.255 e. The van der Waals surface area contributed by atoms with Gasteiger partial charge in [0.15, 0.2) is 0 Å². The zero-order valence-electron chi connectivity index (χ0n) is 11.7. The lowest BCUT2D eigenvalue weighted by Crippen LogP contribution is -2.40. The summed E-state index contributed by atoms with van der Waals surface area (Å²) in [6.07, 6.45) is 0. The molecule has 1 amide bonds. The van der Waals surface area contributed by atoms with Gasteiger partial charge in [0.2, 0.25) is 0 Å². The van der Waals surface area contributed by atoms with Crippen molar-refractivity contribution in [1.29, 1.82) is 0 Å². The summed E-state index contributed by atoms with van der Waals surface area (Å²) in [5.41, 5.74) is 0.806. The Morgan fingerprint density at radius 3 is 2.76 bits per heavy atom. The Morgan fingerprint density at radius 2 is 2.00 bits per heavy atom. The summed E-state index contributed by atoms with van der Waals surface area (Å²) in [5.74, 6) is 1.03. The van der Waals surface area contributed by atoms with E-state index in [0.29, 0.717) is 26.3 Å². The van der Waals surface area contributed by atoms with E-state index in [1.807, 2.05) is 29.2 Å². The van der Waals surface area contributed by atoms with E-state index in [9.17, 15) is 4.79 Å². The van der Waals surface area contributed by atoms with E-state index in [1.54, 1.807) is 23.1 Å². The molecule has 2 heterocycles. The third kappa shape index (κ3) is 3.67. The topological polar surface area (TPSA) is 29.5 Å². The van der Waals surface area contributed by atoms with Gasteiger partial charge in [-0.1, -0.05) is 18.2 Å². The largest absolute Gasteiger partial charge is 0.378 e. The van der Waals surface area contributed by atoms with Crippen LogP contribution in [-0.2, 0) is 10.5 Å². The highest BCUT2D eigenvalue weighted by Gasteiger charge is 2.20. The monoisotopic (exact) mass is 319 g/mol. The first kappa shape index (κ1) is 14.6. The van der Waals surface area contributed by atoms with E-state index < -0.39 is 0 Å². The zero-order chi connectivity index (χ0) is 14.5. The first-order chi connectivity index (χ1) is 10.3. The van der Waals surface area contributed by atoms with Gasteiger partial charge < -0.3 is 9.64 Å². The van der Waals surface area contributed by atoms with Gasteiger partial charge in [-0.15, -0.1) is 23.1 Å². The molecular formula is C16H17NO2S2. The molecule has 1 aliphatic rings. The van der Waals surface area contributed by atoms with Crippen LogP contribution in [0, 0.1) is 0 Å². The maximum absolute atomic E-state index is 12.6. The minimum Gasteiger partial charge on any atom is -0.378 e. The van der Waals surface area contributed by atoms with Crippen LogP contribution in [0.2, 0.25) is 0 Å². The lowest BCUT2D eigenvalue weighted by molar-refractivity contribution is 0.0300. The highest BCUT2D eigenvalue weighted by molar-refractivity contribution is 7.98. The Labute approximate surface area is 132 Å². The van der Waals surface area contributed by atoms with Gasteiger partial charge in [0.25, 0.3) is 5.91 Å². The molecule has 1 fully saturated rings. The lowest BCUT2D eigenvalue weighted by Gasteiger charge is -2.27. The minimum absolute atomic E-state index is 0.118. The maximum atomic E-state index is 12.6. The van der Waals surface area contributed by atoms with Crippen LogP contribution in [0.3, 0.4) is 0 Å². The van der Waals surface area contributed by atoms with Crippen LogP contribution in [0.1, 0.15) is 15.2 Å². The fourth-order valence-electron chi connectivity index (χ4n) is 2.25. The number of nitrogens with zero attached hydrogens (tertiary/aromatic N) is 1. The van der Waals surface area contributed by atoms with Crippen molar-refractivity contribution in [1.82, 2.24) is 4.90 Å². The minimum atomic E-state index is 0.118. The van der Waals surface area contributed by atoms with Crippen molar-refractivity contribution in [3.63, 3.8) is 0 Å². The molecule has 0 unspecified atom stereocenters. The molecule has 0 saturated carbocycles. The van der Waals surface area contributed by atoms with Gasteiger partial charge in [-0.3, -0.25) is 4.79 Å². The highest BCUT2D eigenvalue weighted by atomic mass is 32.2. The summed E-state index contributed by atoms with van der Waals surface area (Å²) in [5, 5.41) is 2.08. The van der Waals surface area contributed by atoms with E-state index in [-0.39, 0.29) is 5.91 Å². The predicted octanol–water partition coefficient (Wildman–Crippen LogP) is 3.51. The molecule has 21 heavy (non-hydrogen) atoms. The van der Waals surface area contributed by atoms with Gasteiger partial charge in [-0.2, -0.15) is 0 Å². The number of carbonyl (C=O) groups excluding carboxylic acids is 1. The second kappa shape index (κ2) is 7.11. The number of thiophene rings is 1. The fraction of sp³-hybridized carbons (Fsp3) is 0.312. The average molecular weight is 319 g/mol. The van der Waals surface area contributed by atoms with E-state index in [2.05, 4.69) is 17.5 Å². The van der Waals surface area contributed by atoms with E-state index in [4.69, 9.17) is 4.74 Å². The zero-order valence-corrected chi connectivity index (χ0v) is 13.3. The summed E-state index contributed by atoms with van der Waals surface area (Å²) < 4.78 is 5.31. The standard InChI is InChI=1S/C16H17NO2S2/c18-16(17-7-9-19-10-8-17)14-5-1-2-6-15(14)21-12-13-4-3-11-20-13/h1-6,11H,7-10,12H2. The quantitative estimate of drug-likeness (QED) is 0.808. The number of carbonyl (C=O) groups is 1. The Morgan fingerprint density at radius 1 is 1.19 bits per heavy atom. The molecule has 5 heteroatoms. The molecule has 0 aliphatic carbocycles. The number of benzene rings is 1. The molecule has 1 aliphatic heterocycles. The number of thioether (sulfide) groups is 1. The lowest BCUT2D eigenvalue weighted by atomic mass is 10.2. The van der Waals surface area contributed by atoms with Crippen LogP contribution >= 0.6 is 23.1 Å². The third-order valence-corrected chi connectivity index (χ3v) is 5.55. The molecule has 3 rings (SSSR count). The van der Waals surface area contributed by atoms with E-state index in [1.165, 1.54) is 4.88 Å².